The van der Waals surface area contributed by atoms with Crippen LogP contribution in [-0.4, -0.2) is 42.6 Å². The molecule has 4 nitrogen and oxygen atoms in total. The van der Waals surface area contributed by atoms with E-state index in [0.717, 1.165) is 12.5 Å². The van der Waals surface area contributed by atoms with Gasteiger partial charge in [-0.1, -0.05) is 6.42 Å². The maximum absolute atomic E-state index is 11.6. The number of nitrogens with zero attached hydrogens (tertiary/aromatic N) is 1. The summed E-state index contributed by atoms with van der Waals surface area (Å²) < 4.78 is 4.78. The minimum atomic E-state index is -0.876. The van der Waals surface area contributed by atoms with Crippen LogP contribution in [0.1, 0.15) is 39.0 Å². The van der Waals surface area contributed by atoms with Crippen LogP contribution in [0.4, 0.5) is 0 Å². The fraction of sp³-hybridized carbons (Fsp3) is 0.923. The highest BCUT2D eigenvalue weighted by Crippen LogP contribution is 2.37. The van der Waals surface area contributed by atoms with E-state index in [2.05, 4.69) is 4.90 Å². The summed E-state index contributed by atoms with van der Waals surface area (Å²) in [4.78, 5) is 14.0. The van der Waals surface area contributed by atoms with Crippen molar-refractivity contribution in [3.05, 3.63) is 0 Å². The van der Waals surface area contributed by atoms with E-state index in [1.54, 1.807) is 6.92 Å². The fourth-order valence-corrected chi connectivity index (χ4v) is 3.47. The molecule has 1 saturated heterocycles. The quantitative estimate of drug-likeness (QED) is 0.752. The molecule has 2 aliphatic rings. The number of carbonyl (C=O) groups is 1. The monoisotopic (exact) mass is 240 g/mol. The molecule has 3 atom stereocenters. The smallest absolute Gasteiger partial charge is 0.326 e. The molecule has 1 aliphatic carbocycles. The Kier molecular flexibility index (Phi) is 3.73. The van der Waals surface area contributed by atoms with Crippen molar-refractivity contribution in [2.75, 3.05) is 20.2 Å². The molecule has 4 heteroatoms. The van der Waals surface area contributed by atoms with E-state index in [0.29, 0.717) is 12.6 Å². The molecule has 0 aromatic carbocycles. The number of nitrogens with two attached hydrogens (primary N) is 1. The van der Waals surface area contributed by atoms with Crippen LogP contribution in [0.5, 0.6) is 0 Å². The highest BCUT2D eigenvalue weighted by Gasteiger charge is 2.39. The van der Waals surface area contributed by atoms with Gasteiger partial charge in [-0.15, -0.1) is 0 Å². The Bertz CT molecular complexity index is 291. The summed E-state index contributed by atoms with van der Waals surface area (Å²) in [7, 11) is 1.40. The number of hydrogen-bond acceptors (Lipinski definition) is 4. The zero-order valence-electron chi connectivity index (χ0n) is 10.9. The third kappa shape index (κ3) is 2.63. The summed E-state index contributed by atoms with van der Waals surface area (Å²) in [5.41, 5.74) is 5.19. The number of likely N-dealkylation sites (tertiary alicyclic amines) is 1. The molecule has 0 aromatic rings. The molecule has 17 heavy (non-hydrogen) atoms. The highest BCUT2D eigenvalue weighted by atomic mass is 16.5. The number of hydrogen-bond donors (Lipinski definition) is 1. The van der Waals surface area contributed by atoms with Crippen LogP contribution in [-0.2, 0) is 9.53 Å². The summed E-state index contributed by atoms with van der Waals surface area (Å²) in [5.74, 6) is 0.523. The lowest BCUT2D eigenvalue weighted by Gasteiger charge is -2.40. The average Bonchev–Trinajstić information content (AvgIpc) is 2.76. The molecule has 0 aromatic heterocycles. The second-order valence-electron chi connectivity index (χ2n) is 5.78. The van der Waals surface area contributed by atoms with Gasteiger partial charge in [-0.3, -0.25) is 9.69 Å². The summed E-state index contributed by atoms with van der Waals surface area (Å²) in [6.45, 7) is 3.48. The van der Waals surface area contributed by atoms with E-state index < -0.39 is 5.54 Å². The number of piperidine rings is 1. The Morgan fingerprint density at radius 3 is 2.82 bits per heavy atom. The standard InChI is InChI=1S/C13H24N2O2/c1-13(14,12(16)17-2)9-15-8-4-6-10-5-3-7-11(10)15/h10-11H,3-9,14H2,1-2H3. The molecule has 1 aliphatic heterocycles. The van der Waals surface area contributed by atoms with Gasteiger partial charge in [0.1, 0.15) is 5.54 Å². The van der Waals surface area contributed by atoms with Gasteiger partial charge in [-0.05, 0) is 45.1 Å². The van der Waals surface area contributed by atoms with E-state index >= 15 is 0 Å². The zero-order chi connectivity index (χ0) is 12.5. The van der Waals surface area contributed by atoms with E-state index in [1.165, 1.54) is 39.2 Å². The van der Waals surface area contributed by atoms with Crippen LogP contribution in [0.2, 0.25) is 0 Å². The van der Waals surface area contributed by atoms with E-state index in [1.807, 2.05) is 0 Å². The number of ether oxygens (including phenoxy) is 1. The summed E-state index contributed by atoms with van der Waals surface area (Å²) in [5, 5.41) is 0. The average molecular weight is 240 g/mol. The Labute approximate surface area is 103 Å². The van der Waals surface area contributed by atoms with Gasteiger partial charge in [0, 0.05) is 12.6 Å². The fourth-order valence-electron chi connectivity index (χ4n) is 3.47. The van der Waals surface area contributed by atoms with Gasteiger partial charge in [0.05, 0.1) is 7.11 Å². The lowest BCUT2D eigenvalue weighted by molar-refractivity contribution is -0.147. The number of esters is 1. The molecule has 0 bridgehead atoms. The van der Waals surface area contributed by atoms with Gasteiger partial charge < -0.3 is 10.5 Å². The predicted molar refractivity (Wildman–Crippen MR) is 66.5 cm³/mol. The van der Waals surface area contributed by atoms with Gasteiger partial charge in [-0.25, -0.2) is 0 Å². The third-order valence-corrected chi connectivity index (χ3v) is 4.29. The molecule has 3 unspecified atom stereocenters. The molecule has 98 valence electrons. The maximum atomic E-state index is 11.6. The predicted octanol–water partition coefficient (Wildman–Crippen LogP) is 1.14. The largest absolute Gasteiger partial charge is 0.468 e. The second-order valence-corrected chi connectivity index (χ2v) is 5.78. The summed E-state index contributed by atoms with van der Waals surface area (Å²) >= 11 is 0. The van der Waals surface area contributed by atoms with Crippen molar-refractivity contribution in [1.29, 1.82) is 0 Å². The van der Waals surface area contributed by atoms with Crippen molar-refractivity contribution in [2.24, 2.45) is 11.7 Å². The minimum absolute atomic E-state index is 0.308. The first-order valence-electron chi connectivity index (χ1n) is 6.66. The van der Waals surface area contributed by atoms with Crippen LogP contribution in [0.25, 0.3) is 0 Å². The molecular formula is C13H24N2O2. The minimum Gasteiger partial charge on any atom is -0.468 e. The van der Waals surface area contributed by atoms with Crippen molar-refractivity contribution in [1.82, 2.24) is 4.90 Å². The Morgan fingerprint density at radius 2 is 2.12 bits per heavy atom. The van der Waals surface area contributed by atoms with E-state index in [9.17, 15) is 4.79 Å². The van der Waals surface area contributed by atoms with Crippen molar-refractivity contribution < 1.29 is 9.53 Å². The highest BCUT2D eigenvalue weighted by molar-refractivity contribution is 5.80. The van der Waals surface area contributed by atoms with Crippen LogP contribution in [0.15, 0.2) is 0 Å². The summed E-state index contributed by atoms with van der Waals surface area (Å²) in [6, 6.07) is 0.649. The van der Waals surface area contributed by atoms with Gasteiger partial charge in [0.2, 0.25) is 0 Å². The third-order valence-electron chi connectivity index (χ3n) is 4.29. The van der Waals surface area contributed by atoms with Gasteiger partial charge >= 0.3 is 5.97 Å². The molecule has 0 radical (unpaired) electrons. The number of rotatable bonds is 3. The first-order chi connectivity index (χ1) is 8.04. The first-order valence-corrected chi connectivity index (χ1v) is 6.66. The van der Waals surface area contributed by atoms with Crippen molar-refractivity contribution in [3.8, 4) is 0 Å². The van der Waals surface area contributed by atoms with Crippen LogP contribution in [0.3, 0.4) is 0 Å². The molecule has 2 N–H and O–H groups in total. The van der Waals surface area contributed by atoms with E-state index in [4.69, 9.17) is 10.5 Å². The van der Waals surface area contributed by atoms with Crippen LogP contribution < -0.4 is 5.73 Å². The van der Waals surface area contributed by atoms with Crippen molar-refractivity contribution in [3.63, 3.8) is 0 Å². The lowest BCUT2D eigenvalue weighted by Crippen LogP contribution is -2.57. The van der Waals surface area contributed by atoms with Crippen molar-refractivity contribution in [2.45, 2.75) is 50.6 Å². The number of carbonyl (C=O) groups excluding carboxylic acids is 1. The molecular weight excluding hydrogens is 216 g/mol. The number of fused-ring (bicyclic) bond motifs is 1. The SMILES string of the molecule is COC(=O)C(C)(N)CN1CCCC2CCCC21. The molecule has 1 heterocycles. The summed E-state index contributed by atoms with van der Waals surface area (Å²) in [6.07, 6.45) is 6.52. The van der Waals surface area contributed by atoms with Crippen molar-refractivity contribution >= 4 is 5.97 Å². The second kappa shape index (κ2) is 4.94. The molecule has 2 rings (SSSR count). The van der Waals surface area contributed by atoms with Crippen LogP contribution in [0, 0.1) is 5.92 Å². The topological polar surface area (TPSA) is 55.6 Å². The molecule has 2 fully saturated rings. The Balaban J connectivity index is 2.00. The zero-order valence-corrected chi connectivity index (χ0v) is 10.9. The van der Waals surface area contributed by atoms with Gasteiger partial charge in [0.15, 0.2) is 0 Å². The lowest BCUT2D eigenvalue weighted by atomic mass is 9.90. The van der Waals surface area contributed by atoms with Gasteiger partial charge in [0.25, 0.3) is 0 Å². The van der Waals surface area contributed by atoms with Gasteiger partial charge in [-0.2, -0.15) is 0 Å². The molecule has 0 amide bonds. The Hall–Kier alpha value is -0.610. The number of methoxy groups -OCH3 is 1. The van der Waals surface area contributed by atoms with E-state index in [-0.39, 0.29) is 5.97 Å². The maximum Gasteiger partial charge on any atom is 0.326 e. The molecule has 1 saturated carbocycles. The molecule has 0 spiro atoms. The normalized spacial score (nSPS) is 32.9. The van der Waals surface area contributed by atoms with Crippen LogP contribution >= 0.6 is 0 Å². The Morgan fingerprint density at radius 1 is 1.41 bits per heavy atom. The first kappa shape index (κ1) is 12.8.